The van der Waals surface area contributed by atoms with Gasteiger partial charge in [0.1, 0.15) is 0 Å². The molecule has 2 atom stereocenters. The highest BCUT2D eigenvalue weighted by Crippen LogP contribution is 2.43. The molecule has 5 heteroatoms. The second-order valence-electron chi connectivity index (χ2n) is 5.16. The molecule has 19 heavy (non-hydrogen) atoms. The molecule has 1 aromatic carbocycles. The van der Waals surface area contributed by atoms with Crippen molar-refractivity contribution in [1.82, 2.24) is 0 Å². The van der Waals surface area contributed by atoms with E-state index in [4.69, 9.17) is 0 Å². The molecule has 0 aromatic heterocycles. The van der Waals surface area contributed by atoms with E-state index in [1.165, 1.54) is 6.07 Å². The number of halogens is 2. The Labute approximate surface area is 110 Å². The summed E-state index contributed by atoms with van der Waals surface area (Å²) >= 11 is 0. The van der Waals surface area contributed by atoms with Gasteiger partial charge < -0.3 is 15.3 Å². The van der Waals surface area contributed by atoms with E-state index in [1.54, 1.807) is 6.07 Å². The van der Waals surface area contributed by atoms with Gasteiger partial charge in [-0.05, 0) is 36.8 Å². The smallest absolute Gasteiger partial charge is 0.161 e. The Balaban J connectivity index is 2.20. The molecule has 1 aliphatic rings. The summed E-state index contributed by atoms with van der Waals surface area (Å²) in [6.07, 6.45) is 0.468. The van der Waals surface area contributed by atoms with Crippen LogP contribution >= 0.6 is 0 Å². The molecule has 0 saturated carbocycles. The van der Waals surface area contributed by atoms with Gasteiger partial charge in [-0.3, -0.25) is 8.78 Å². The van der Waals surface area contributed by atoms with E-state index in [0.717, 1.165) is 0 Å². The number of aliphatic hydroxyl groups is 1. The fraction of sp³-hybridized carbons (Fsp3) is 0.571. The number of fused-ring (bicyclic) bond motifs is 1. The lowest BCUT2D eigenvalue weighted by molar-refractivity contribution is 0.0702. The second-order valence-corrected chi connectivity index (χ2v) is 5.16. The Kier molecular flexibility index (Phi) is 4.24. The van der Waals surface area contributed by atoms with E-state index in [1.807, 2.05) is 0 Å². The van der Waals surface area contributed by atoms with Crippen molar-refractivity contribution >= 4 is 0 Å². The molecule has 0 amide bonds. The fourth-order valence-electron chi connectivity index (χ4n) is 2.76. The summed E-state index contributed by atoms with van der Waals surface area (Å²) in [4.78, 5) is 0. The van der Waals surface area contributed by atoms with E-state index >= 15 is 0 Å². The highest BCUT2D eigenvalue weighted by molar-refractivity contribution is 5.50. The molecule has 106 valence electrons. The molecule has 0 saturated heterocycles. The molecule has 0 heterocycles. The molecule has 2 rings (SSSR count). The van der Waals surface area contributed by atoms with Crippen LogP contribution < -0.4 is 0 Å². The summed E-state index contributed by atoms with van der Waals surface area (Å²) < 4.78 is 25.1. The first-order chi connectivity index (χ1) is 9.08. The van der Waals surface area contributed by atoms with Gasteiger partial charge in [0, 0.05) is 11.5 Å². The number of phenolic OH excluding ortho intramolecular Hbond substituents is 2. The van der Waals surface area contributed by atoms with Gasteiger partial charge >= 0.3 is 0 Å². The minimum absolute atomic E-state index is 0.206. The third-order valence-electron chi connectivity index (χ3n) is 3.90. The van der Waals surface area contributed by atoms with Crippen molar-refractivity contribution in [1.29, 1.82) is 0 Å². The number of alkyl halides is 2. The van der Waals surface area contributed by atoms with Crippen LogP contribution in [0.2, 0.25) is 0 Å². The molecule has 0 bridgehead atoms. The third-order valence-corrected chi connectivity index (χ3v) is 3.90. The van der Waals surface area contributed by atoms with Crippen LogP contribution in [0.4, 0.5) is 8.78 Å². The zero-order valence-corrected chi connectivity index (χ0v) is 10.5. The maximum atomic E-state index is 12.6. The number of phenols is 2. The van der Waals surface area contributed by atoms with E-state index in [2.05, 4.69) is 0 Å². The van der Waals surface area contributed by atoms with Crippen LogP contribution in [0.1, 0.15) is 30.1 Å². The minimum Gasteiger partial charge on any atom is -0.504 e. The van der Waals surface area contributed by atoms with Crippen molar-refractivity contribution in [2.75, 3.05) is 13.3 Å². The topological polar surface area (TPSA) is 60.7 Å². The number of hydrogen-bond donors (Lipinski definition) is 3. The maximum Gasteiger partial charge on any atom is 0.161 e. The molecule has 3 N–H and O–H groups in total. The highest BCUT2D eigenvalue weighted by atomic mass is 19.1. The van der Waals surface area contributed by atoms with Crippen LogP contribution in [0, 0.1) is 11.8 Å². The average molecular weight is 272 g/mol. The quantitative estimate of drug-likeness (QED) is 0.738. The van der Waals surface area contributed by atoms with Gasteiger partial charge in [-0.15, -0.1) is 0 Å². The molecule has 0 fully saturated rings. The van der Waals surface area contributed by atoms with Crippen molar-refractivity contribution in [3.8, 4) is 11.5 Å². The van der Waals surface area contributed by atoms with Crippen LogP contribution in [0.25, 0.3) is 0 Å². The molecule has 1 aliphatic carbocycles. The summed E-state index contributed by atoms with van der Waals surface area (Å²) in [6, 6.07) is 2.88. The van der Waals surface area contributed by atoms with Gasteiger partial charge in [0.05, 0.1) is 19.5 Å². The highest BCUT2D eigenvalue weighted by Gasteiger charge is 2.32. The Morgan fingerprint density at radius 3 is 2.53 bits per heavy atom. The van der Waals surface area contributed by atoms with Crippen LogP contribution in [-0.4, -0.2) is 28.7 Å². The van der Waals surface area contributed by atoms with Crippen molar-refractivity contribution in [2.45, 2.75) is 25.4 Å². The fourth-order valence-corrected chi connectivity index (χ4v) is 2.76. The van der Waals surface area contributed by atoms with Gasteiger partial charge in [0.2, 0.25) is 0 Å². The number of benzene rings is 1. The molecular formula is C14H18F2O3. The maximum absolute atomic E-state index is 12.6. The van der Waals surface area contributed by atoms with Crippen molar-refractivity contribution < 1.29 is 24.1 Å². The van der Waals surface area contributed by atoms with Gasteiger partial charge in [0.15, 0.2) is 11.5 Å². The lowest BCUT2D eigenvalue weighted by atomic mass is 9.77. The Morgan fingerprint density at radius 2 is 1.89 bits per heavy atom. The Bertz CT molecular complexity index is 447. The van der Waals surface area contributed by atoms with E-state index in [9.17, 15) is 24.1 Å². The molecular weight excluding hydrogens is 254 g/mol. The zero-order chi connectivity index (χ0) is 14.0. The van der Waals surface area contributed by atoms with Crippen molar-refractivity contribution in [3.63, 3.8) is 0 Å². The first-order valence-electron chi connectivity index (χ1n) is 6.42. The average Bonchev–Trinajstić information content (AvgIpc) is 2.42. The standard InChI is InChI=1S/C14H18F2O3/c15-6-8(7-16)5-9-1-2-11-10(13(9)18)3-4-12(17)14(11)19/h3-4,8-9,13,17-19H,1-2,5-7H2/t9-,13-/m0/s1. The first-order valence-corrected chi connectivity index (χ1v) is 6.42. The van der Waals surface area contributed by atoms with E-state index in [-0.39, 0.29) is 23.8 Å². The number of rotatable bonds is 4. The molecule has 0 radical (unpaired) electrons. The normalized spacial score (nSPS) is 22.5. The third kappa shape index (κ3) is 2.66. The SMILES string of the molecule is Oc1ccc2c(c1O)CC[C@@H](CC(CF)CF)[C@@H]2O. The summed E-state index contributed by atoms with van der Waals surface area (Å²) in [5.41, 5.74) is 1.07. The first kappa shape index (κ1) is 14.1. The number of hydrogen-bond acceptors (Lipinski definition) is 3. The van der Waals surface area contributed by atoms with Crippen molar-refractivity contribution in [3.05, 3.63) is 23.3 Å². The summed E-state index contributed by atoms with van der Waals surface area (Å²) in [5, 5.41) is 29.4. The second kappa shape index (κ2) is 5.74. The van der Waals surface area contributed by atoms with E-state index in [0.29, 0.717) is 24.0 Å². The van der Waals surface area contributed by atoms with Crippen LogP contribution in [-0.2, 0) is 6.42 Å². The molecule has 3 nitrogen and oxygen atoms in total. The minimum atomic E-state index is -0.851. The molecule has 1 aromatic rings. The summed E-state index contributed by atoms with van der Waals surface area (Å²) in [7, 11) is 0. The van der Waals surface area contributed by atoms with Gasteiger partial charge in [-0.1, -0.05) is 6.07 Å². The van der Waals surface area contributed by atoms with Gasteiger partial charge in [0.25, 0.3) is 0 Å². The lowest BCUT2D eigenvalue weighted by Gasteiger charge is -2.32. The molecule has 0 unspecified atom stereocenters. The zero-order valence-electron chi connectivity index (χ0n) is 10.5. The van der Waals surface area contributed by atoms with Gasteiger partial charge in [-0.2, -0.15) is 0 Å². The Hall–Kier alpha value is -1.36. The Morgan fingerprint density at radius 1 is 1.21 bits per heavy atom. The monoisotopic (exact) mass is 272 g/mol. The van der Waals surface area contributed by atoms with Crippen molar-refractivity contribution in [2.24, 2.45) is 11.8 Å². The predicted molar refractivity (Wildman–Crippen MR) is 66.6 cm³/mol. The van der Waals surface area contributed by atoms with Crippen LogP contribution in [0.3, 0.4) is 0 Å². The lowest BCUT2D eigenvalue weighted by Crippen LogP contribution is -2.24. The van der Waals surface area contributed by atoms with E-state index < -0.39 is 25.4 Å². The number of aliphatic hydroxyl groups excluding tert-OH is 1. The number of aromatic hydroxyl groups is 2. The van der Waals surface area contributed by atoms with Crippen LogP contribution in [0.15, 0.2) is 12.1 Å². The summed E-state index contributed by atoms with van der Waals surface area (Å²) in [6.45, 7) is -1.46. The molecule has 0 spiro atoms. The summed E-state index contributed by atoms with van der Waals surface area (Å²) in [5.74, 6) is -1.31. The van der Waals surface area contributed by atoms with Crippen LogP contribution in [0.5, 0.6) is 11.5 Å². The predicted octanol–water partition coefficient (Wildman–Crippen LogP) is 2.64. The molecule has 0 aliphatic heterocycles. The van der Waals surface area contributed by atoms with Gasteiger partial charge in [-0.25, -0.2) is 0 Å². The largest absolute Gasteiger partial charge is 0.504 e.